The van der Waals surface area contributed by atoms with E-state index >= 15 is 0 Å². The molecule has 51 heavy (non-hydrogen) atoms. The van der Waals surface area contributed by atoms with Gasteiger partial charge in [-0.05, 0) is 121 Å². The van der Waals surface area contributed by atoms with E-state index in [1.807, 2.05) is 65.8 Å². The van der Waals surface area contributed by atoms with Crippen LogP contribution in [0, 0.1) is 0 Å². The van der Waals surface area contributed by atoms with Crippen molar-refractivity contribution in [2.75, 3.05) is 39.8 Å². The van der Waals surface area contributed by atoms with Crippen molar-refractivity contribution >= 4 is 34.8 Å². The number of hydrogen-bond donors (Lipinski definition) is 0. The van der Waals surface area contributed by atoms with Gasteiger partial charge in [0.25, 0.3) is 0 Å². The molecule has 1 saturated heterocycles. The van der Waals surface area contributed by atoms with Crippen molar-refractivity contribution in [1.82, 2.24) is 14.4 Å². The Morgan fingerprint density at radius 1 is 0.843 bits per heavy atom. The fourth-order valence-electron chi connectivity index (χ4n) is 7.78. The molecule has 1 saturated carbocycles. The summed E-state index contributed by atoms with van der Waals surface area (Å²) < 4.78 is 19.3. The number of benzene rings is 2. The van der Waals surface area contributed by atoms with Crippen LogP contribution in [0.5, 0.6) is 5.75 Å². The van der Waals surface area contributed by atoms with Gasteiger partial charge in [0.2, 0.25) is 0 Å². The summed E-state index contributed by atoms with van der Waals surface area (Å²) in [5, 5.41) is 1.14. The second-order valence-electron chi connectivity index (χ2n) is 16.4. The Kier molecular flexibility index (Phi) is 10.7. The maximum atomic E-state index is 14.1. The molecule has 1 aromatic heterocycles. The predicted molar refractivity (Wildman–Crippen MR) is 201 cm³/mol. The zero-order valence-corrected chi connectivity index (χ0v) is 31.6. The number of fused-ring (bicyclic) bond motifs is 5. The van der Waals surface area contributed by atoms with Crippen molar-refractivity contribution in [2.24, 2.45) is 0 Å². The van der Waals surface area contributed by atoms with Gasteiger partial charge in [-0.1, -0.05) is 25.3 Å². The Morgan fingerprint density at radius 2 is 1.55 bits per heavy atom. The minimum Gasteiger partial charge on any atom is -0.497 e. The molecular weight excluding hydrogens is 642 g/mol. The number of amides is 1. The molecule has 2 aliphatic heterocycles. The van der Waals surface area contributed by atoms with Crippen LogP contribution >= 0.6 is 0 Å². The number of rotatable bonds is 8. The number of methoxy groups -OCH3 is 1. The summed E-state index contributed by atoms with van der Waals surface area (Å²) in [6.07, 6.45) is 8.82. The fourth-order valence-corrected chi connectivity index (χ4v) is 7.78. The minimum atomic E-state index is -0.610. The van der Waals surface area contributed by atoms with Crippen molar-refractivity contribution in [3.8, 4) is 17.0 Å². The number of ketones is 1. The molecule has 0 bridgehead atoms. The predicted octanol–water partition coefficient (Wildman–Crippen LogP) is 8.62. The number of esters is 1. The van der Waals surface area contributed by atoms with Gasteiger partial charge in [0.05, 0.1) is 24.9 Å². The van der Waals surface area contributed by atoms with Crippen molar-refractivity contribution in [3.05, 3.63) is 58.7 Å². The Hall–Kier alpha value is -4.11. The summed E-state index contributed by atoms with van der Waals surface area (Å²) in [5.74, 6) is 0.913. The van der Waals surface area contributed by atoms with Gasteiger partial charge in [-0.3, -0.25) is 9.69 Å². The van der Waals surface area contributed by atoms with Crippen LogP contribution in [0.2, 0.25) is 0 Å². The zero-order chi connectivity index (χ0) is 36.5. The molecule has 0 atom stereocenters. The first-order valence-electron chi connectivity index (χ1n) is 18.7. The Labute approximate surface area is 302 Å². The third-order valence-corrected chi connectivity index (χ3v) is 10.2. The highest BCUT2D eigenvalue weighted by atomic mass is 16.6. The van der Waals surface area contributed by atoms with E-state index in [0.717, 1.165) is 77.9 Å². The number of ether oxygens (including phenoxy) is 3. The summed E-state index contributed by atoms with van der Waals surface area (Å²) in [5.41, 5.74) is 5.60. The summed E-state index contributed by atoms with van der Waals surface area (Å²) in [7, 11) is 1.67. The van der Waals surface area contributed by atoms with E-state index < -0.39 is 11.2 Å². The Balaban J connectivity index is 1.29. The topological polar surface area (TPSA) is 90.3 Å². The third-order valence-electron chi connectivity index (χ3n) is 10.2. The van der Waals surface area contributed by atoms with Gasteiger partial charge in [-0.2, -0.15) is 0 Å². The highest BCUT2D eigenvalue weighted by Gasteiger charge is 2.31. The first kappa shape index (κ1) is 36.7. The van der Waals surface area contributed by atoms with Gasteiger partial charge < -0.3 is 23.7 Å². The first-order valence-corrected chi connectivity index (χ1v) is 18.7. The molecule has 2 aromatic carbocycles. The lowest BCUT2D eigenvalue weighted by atomic mass is 9.81. The SMILES string of the molecule is COc1ccc2c(c1)C=C(C(=O)CCCN1CCN(C(=O)OC(C)(C)C)CC1)Cn1c-2c(C2CCCCC2)c2ccc(C(=O)OC(C)(C)C)cc21. The van der Waals surface area contributed by atoms with Crippen LogP contribution in [0.1, 0.15) is 114 Å². The highest BCUT2D eigenvalue weighted by Crippen LogP contribution is 2.47. The lowest BCUT2D eigenvalue weighted by Crippen LogP contribution is -2.50. The monoisotopic (exact) mass is 697 g/mol. The second kappa shape index (κ2) is 14.9. The van der Waals surface area contributed by atoms with Crippen LogP contribution in [-0.4, -0.2) is 83.2 Å². The number of piperazine rings is 1. The van der Waals surface area contributed by atoms with E-state index in [-0.39, 0.29) is 17.8 Å². The lowest BCUT2D eigenvalue weighted by Gasteiger charge is -2.35. The van der Waals surface area contributed by atoms with Gasteiger partial charge in [0.15, 0.2) is 5.78 Å². The summed E-state index contributed by atoms with van der Waals surface area (Å²) in [6.45, 7) is 15.2. The van der Waals surface area contributed by atoms with Crippen molar-refractivity contribution < 1.29 is 28.6 Å². The molecule has 3 heterocycles. The number of carbonyl (C=O) groups is 3. The van der Waals surface area contributed by atoms with Crippen molar-refractivity contribution in [2.45, 2.75) is 110 Å². The van der Waals surface area contributed by atoms with Crippen LogP contribution < -0.4 is 4.74 Å². The normalized spacial score (nSPS) is 17.3. The molecule has 3 aliphatic rings. The molecule has 9 nitrogen and oxygen atoms in total. The van der Waals surface area contributed by atoms with Gasteiger partial charge in [0.1, 0.15) is 17.0 Å². The molecule has 0 spiro atoms. The molecule has 2 fully saturated rings. The van der Waals surface area contributed by atoms with Gasteiger partial charge >= 0.3 is 12.1 Å². The number of hydrogen-bond acceptors (Lipinski definition) is 7. The van der Waals surface area contributed by atoms with Crippen LogP contribution in [0.25, 0.3) is 28.2 Å². The smallest absolute Gasteiger partial charge is 0.410 e. The summed E-state index contributed by atoms with van der Waals surface area (Å²) in [6, 6.07) is 12.1. The molecule has 9 heteroatoms. The van der Waals surface area contributed by atoms with E-state index in [1.54, 1.807) is 12.0 Å². The zero-order valence-electron chi connectivity index (χ0n) is 31.6. The van der Waals surface area contributed by atoms with Gasteiger partial charge in [0, 0.05) is 54.6 Å². The molecule has 1 amide bonds. The van der Waals surface area contributed by atoms with Crippen molar-refractivity contribution in [1.29, 1.82) is 0 Å². The lowest BCUT2D eigenvalue weighted by molar-refractivity contribution is -0.115. The summed E-state index contributed by atoms with van der Waals surface area (Å²) >= 11 is 0. The number of Topliss-reactive ketones (excluding diaryl/α,β-unsaturated/α-hetero) is 1. The average Bonchev–Trinajstić information content (AvgIpc) is 3.29. The van der Waals surface area contributed by atoms with Gasteiger partial charge in [-0.25, -0.2) is 9.59 Å². The molecule has 6 rings (SSSR count). The Bertz CT molecular complexity index is 1810. The molecule has 0 N–H and O–H groups in total. The molecule has 3 aromatic rings. The van der Waals surface area contributed by atoms with Crippen LogP contribution in [-0.2, 0) is 20.8 Å². The van der Waals surface area contributed by atoms with Crippen LogP contribution in [0.15, 0.2) is 42.0 Å². The second-order valence-corrected chi connectivity index (χ2v) is 16.4. The van der Waals surface area contributed by atoms with E-state index in [2.05, 4.69) is 27.7 Å². The highest BCUT2D eigenvalue weighted by molar-refractivity contribution is 6.04. The van der Waals surface area contributed by atoms with Crippen molar-refractivity contribution in [3.63, 3.8) is 0 Å². The maximum absolute atomic E-state index is 14.1. The molecule has 1 aliphatic carbocycles. The molecule has 274 valence electrons. The van der Waals surface area contributed by atoms with E-state index in [0.29, 0.717) is 37.5 Å². The third kappa shape index (κ3) is 8.52. The average molecular weight is 698 g/mol. The minimum absolute atomic E-state index is 0.119. The first-order chi connectivity index (χ1) is 24.2. The molecule has 0 radical (unpaired) electrons. The quantitative estimate of drug-likeness (QED) is 0.218. The van der Waals surface area contributed by atoms with E-state index in [4.69, 9.17) is 14.2 Å². The number of carbonyl (C=O) groups excluding carboxylic acids is 3. The van der Waals surface area contributed by atoms with E-state index in [1.165, 1.54) is 24.8 Å². The molecule has 0 unspecified atom stereocenters. The molecular formula is C42H55N3O6. The Morgan fingerprint density at radius 3 is 2.22 bits per heavy atom. The standard InChI is InChI=1S/C42H55N3O6/c1-41(2,3)50-39(47)29-15-17-34-35(26-29)45-27-31(36(46)14-11-19-43-20-22-44(23-21-43)40(48)51-42(4,5)6)24-30-25-32(49-7)16-18-33(30)38(45)37(34)28-12-9-8-10-13-28/h15-18,24-26,28H,8-14,19-23,27H2,1-7H3. The van der Waals surface area contributed by atoms with Gasteiger partial charge in [-0.15, -0.1) is 0 Å². The maximum Gasteiger partial charge on any atom is 0.410 e. The number of nitrogens with zero attached hydrogens (tertiary/aromatic N) is 3. The fraction of sp³-hybridized carbons (Fsp3) is 0.548. The number of allylic oxidation sites excluding steroid dienone is 1. The van der Waals surface area contributed by atoms with Crippen LogP contribution in [0.3, 0.4) is 0 Å². The van der Waals surface area contributed by atoms with Crippen LogP contribution in [0.4, 0.5) is 4.79 Å². The largest absolute Gasteiger partial charge is 0.497 e. The summed E-state index contributed by atoms with van der Waals surface area (Å²) in [4.78, 5) is 44.1. The van der Waals surface area contributed by atoms with E-state index in [9.17, 15) is 14.4 Å². The number of aromatic nitrogens is 1.